The van der Waals surface area contributed by atoms with E-state index in [1.54, 1.807) is 12.2 Å². The lowest BCUT2D eigenvalue weighted by Crippen LogP contribution is -1.92. The Morgan fingerprint density at radius 1 is 1.29 bits per heavy atom. The number of ether oxygens (including phenoxy) is 1. The summed E-state index contributed by atoms with van der Waals surface area (Å²) in [5, 5.41) is 8.40. The minimum Gasteiger partial charge on any atom is -0.481 e. The van der Waals surface area contributed by atoms with Gasteiger partial charge in [-0.2, -0.15) is 0 Å². The Morgan fingerprint density at radius 3 is 2.76 bits per heavy atom. The van der Waals surface area contributed by atoms with Crippen LogP contribution in [-0.2, 0) is 16.1 Å². The fraction of sp³-hybridized carbons (Fsp3) is 0.286. The maximum absolute atomic E-state index is 10.2. The molecule has 0 unspecified atom stereocenters. The molecule has 3 heteroatoms. The zero-order valence-electron chi connectivity index (χ0n) is 9.63. The van der Waals surface area contributed by atoms with Crippen LogP contribution >= 0.6 is 0 Å². The van der Waals surface area contributed by atoms with E-state index in [-0.39, 0.29) is 6.42 Å². The van der Waals surface area contributed by atoms with Crippen LogP contribution in [0.5, 0.6) is 0 Å². The molecule has 0 radical (unpaired) electrons. The van der Waals surface area contributed by atoms with Gasteiger partial charge in [0.15, 0.2) is 0 Å². The van der Waals surface area contributed by atoms with Gasteiger partial charge in [0.25, 0.3) is 0 Å². The molecule has 0 heterocycles. The Kier molecular flexibility index (Phi) is 6.49. The van der Waals surface area contributed by atoms with Gasteiger partial charge in [-0.15, -0.1) is 5.73 Å². The quantitative estimate of drug-likeness (QED) is 0.581. The van der Waals surface area contributed by atoms with Gasteiger partial charge in [-0.3, -0.25) is 4.79 Å². The molecule has 0 aliphatic carbocycles. The average Bonchev–Trinajstić information content (AvgIpc) is 2.33. The predicted molar refractivity (Wildman–Crippen MR) is 65.6 cm³/mol. The van der Waals surface area contributed by atoms with Gasteiger partial charge in [0.2, 0.25) is 0 Å². The lowest BCUT2D eigenvalue weighted by Gasteiger charge is -1.99. The second kappa shape index (κ2) is 8.34. The molecule has 1 aromatic rings. The van der Waals surface area contributed by atoms with Crippen molar-refractivity contribution in [2.45, 2.75) is 19.4 Å². The summed E-state index contributed by atoms with van der Waals surface area (Å²) in [6.45, 7) is 1.06. The van der Waals surface area contributed by atoms with Crippen molar-refractivity contribution in [3.8, 4) is 0 Å². The number of rotatable bonds is 7. The highest BCUT2D eigenvalue weighted by atomic mass is 16.5. The van der Waals surface area contributed by atoms with Crippen molar-refractivity contribution in [3.05, 3.63) is 53.8 Å². The third-order valence-electron chi connectivity index (χ3n) is 2.05. The Morgan fingerprint density at radius 2 is 2.06 bits per heavy atom. The van der Waals surface area contributed by atoms with Crippen LogP contribution in [0.25, 0.3) is 0 Å². The molecule has 0 spiro atoms. The lowest BCUT2D eigenvalue weighted by atomic mass is 10.2. The van der Waals surface area contributed by atoms with Crippen LogP contribution in [0.3, 0.4) is 0 Å². The molecule has 0 aliphatic heterocycles. The Balaban J connectivity index is 2.11. The number of aliphatic carboxylic acids is 1. The summed E-state index contributed by atoms with van der Waals surface area (Å²) in [5.74, 6) is -0.789. The summed E-state index contributed by atoms with van der Waals surface area (Å²) in [4.78, 5) is 10.2. The van der Waals surface area contributed by atoms with Crippen molar-refractivity contribution in [1.29, 1.82) is 0 Å². The van der Waals surface area contributed by atoms with Gasteiger partial charge in [-0.25, -0.2) is 0 Å². The van der Waals surface area contributed by atoms with Crippen LogP contribution in [0.1, 0.15) is 18.4 Å². The molecular weight excluding hydrogens is 216 g/mol. The minimum absolute atomic E-state index is 0.145. The summed E-state index contributed by atoms with van der Waals surface area (Å²) >= 11 is 0. The second-order valence-electron chi connectivity index (χ2n) is 3.51. The molecule has 17 heavy (non-hydrogen) atoms. The molecule has 0 atom stereocenters. The third-order valence-corrected chi connectivity index (χ3v) is 2.05. The van der Waals surface area contributed by atoms with E-state index in [1.807, 2.05) is 30.3 Å². The van der Waals surface area contributed by atoms with Crippen LogP contribution in [-0.4, -0.2) is 17.7 Å². The van der Waals surface area contributed by atoms with E-state index >= 15 is 0 Å². The zero-order valence-corrected chi connectivity index (χ0v) is 9.63. The molecule has 1 N–H and O–H groups in total. The van der Waals surface area contributed by atoms with E-state index in [2.05, 4.69) is 5.73 Å². The highest BCUT2D eigenvalue weighted by Crippen LogP contribution is 1.99. The fourth-order valence-corrected chi connectivity index (χ4v) is 1.22. The molecule has 0 amide bonds. The largest absolute Gasteiger partial charge is 0.481 e. The Hall–Kier alpha value is -1.83. The smallest absolute Gasteiger partial charge is 0.303 e. The molecule has 1 aromatic carbocycles. The highest BCUT2D eigenvalue weighted by molar-refractivity contribution is 5.66. The maximum Gasteiger partial charge on any atom is 0.303 e. The first-order chi connectivity index (χ1) is 8.29. The van der Waals surface area contributed by atoms with Crippen LogP contribution < -0.4 is 0 Å². The Bertz CT molecular complexity index is 389. The number of hydrogen-bond acceptors (Lipinski definition) is 2. The SMILES string of the molecule is O=C(O)CCC=C=CCOCc1ccccc1. The summed E-state index contributed by atoms with van der Waals surface area (Å²) in [6.07, 6.45) is 4.11. The zero-order chi connectivity index (χ0) is 12.3. The standard InChI is InChI=1S/C14H16O3/c15-14(16)10-6-1-2-7-11-17-12-13-8-4-3-5-9-13/h1,3-5,7-9H,6,10-12H2,(H,15,16). The van der Waals surface area contributed by atoms with Gasteiger partial charge >= 0.3 is 5.97 Å². The monoisotopic (exact) mass is 232 g/mol. The molecule has 0 fully saturated rings. The van der Waals surface area contributed by atoms with E-state index < -0.39 is 5.97 Å². The maximum atomic E-state index is 10.2. The highest BCUT2D eigenvalue weighted by Gasteiger charge is 1.91. The van der Waals surface area contributed by atoms with Gasteiger partial charge in [-0.05, 0) is 24.1 Å². The van der Waals surface area contributed by atoms with Crippen molar-refractivity contribution < 1.29 is 14.6 Å². The van der Waals surface area contributed by atoms with Crippen LogP contribution in [0.4, 0.5) is 0 Å². The minimum atomic E-state index is -0.789. The summed E-state index contributed by atoms with van der Waals surface area (Å²) in [7, 11) is 0. The van der Waals surface area contributed by atoms with E-state index in [0.29, 0.717) is 19.6 Å². The van der Waals surface area contributed by atoms with Gasteiger partial charge in [0.05, 0.1) is 13.2 Å². The molecule has 0 bridgehead atoms. The molecule has 0 saturated heterocycles. The summed E-state index contributed by atoms with van der Waals surface area (Å²) < 4.78 is 5.39. The molecule has 0 aliphatic rings. The Labute approximate surface area is 101 Å². The fourth-order valence-electron chi connectivity index (χ4n) is 1.22. The van der Waals surface area contributed by atoms with Gasteiger partial charge in [0, 0.05) is 6.42 Å². The molecule has 0 aromatic heterocycles. The van der Waals surface area contributed by atoms with Crippen molar-refractivity contribution >= 4 is 5.97 Å². The molecular formula is C14H16O3. The third kappa shape index (κ3) is 7.12. The number of carbonyl (C=O) groups is 1. The first kappa shape index (κ1) is 13.2. The van der Waals surface area contributed by atoms with Crippen molar-refractivity contribution in [3.63, 3.8) is 0 Å². The van der Waals surface area contributed by atoms with Crippen molar-refractivity contribution in [2.24, 2.45) is 0 Å². The number of carboxylic acid groups (broad SMARTS) is 1. The second-order valence-corrected chi connectivity index (χ2v) is 3.51. The van der Waals surface area contributed by atoms with Crippen LogP contribution in [0, 0.1) is 0 Å². The summed E-state index contributed by atoms with van der Waals surface area (Å²) in [6, 6.07) is 9.92. The topological polar surface area (TPSA) is 46.5 Å². The lowest BCUT2D eigenvalue weighted by molar-refractivity contribution is -0.136. The van der Waals surface area contributed by atoms with E-state index in [1.165, 1.54) is 0 Å². The normalized spacial score (nSPS) is 9.41. The first-order valence-corrected chi connectivity index (χ1v) is 5.52. The van der Waals surface area contributed by atoms with E-state index in [4.69, 9.17) is 9.84 Å². The van der Waals surface area contributed by atoms with Crippen molar-refractivity contribution in [1.82, 2.24) is 0 Å². The van der Waals surface area contributed by atoms with Crippen LogP contribution in [0.2, 0.25) is 0 Å². The van der Waals surface area contributed by atoms with Gasteiger partial charge in [0.1, 0.15) is 0 Å². The number of hydrogen-bond donors (Lipinski definition) is 1. The molecule has 0 saturated carbocycles. The van der Waals surface area contributed by atoms with Crippen molar-refractivity contribution in [2.75, 3.05) is 6.61 Å². The predicted octanol–water partition coefficient (Wildman–Crippen LogP) is 2.78. The van der Waals surface area contributed by atoms with E-state index in [9.17, 15) is 4.79 Å². The number of benzene rings is 1. The molecule has 90 valence electrons. The van der Waals surface area contributed by atoms with E-state index in [0.717, 1.165) is 5.56 Å². The molecule has 1 rings (SSSR count). The summed E-state index contributed by atoms with van der Waals surface area (Å²) in [5.41, 5.74) is 4.02. The first-order valence-electron chi connectivity index (χ1n) is 5.52. The van der Waals surface area contributed by atoms with Gasteiger partial charge in [-0.1, -0.05) is 30.3 Å². The average molecular weight is 232 g/mol. The molecule has 3 nitrogen and oxygen atoms in total. The van der Waals surface area contributed by atoms with Gasteiger partial charge < -0.3 is 9.84 Å². The number of carboxylic acids is 1. The van der Waals surface area contributed by atoms with Crippen LogP contribution in [0.15, 0.2) is 48.2 Å².